The summed E-state index contributed by atoms with van der Waals surface area (Å²) in [6, 6.07) is 13.5. The Morgan fingerprint density at radius 1 is 0.879 bits per heavy atom. The van der Waals surface area contributed by atoms with Crippen molar-refractivity contribution in [3.8, 4) is 11.5 Å². The third-order valence-corrected chi connectivity index (χ3v) is 6.04. The van der Waals surface area contributed by atoms with Gasteiger partial charge in [0.15, 0.2) is 11.5 Å². The van der Waals surface area contributed by atoms with Gasteiger partial charge in [0.2, 0.25) is 11.8 Å². The highest BCUT2D eigenvalue weighted by Gasteiger charge is 2.23. The quantitative estimate of drug-likeness (QED) is 0.667. The highest BCUT2D eigenvalue weighted by Crippen LogP contribution is 2.30. The molecule has 4 rings (SSSR count). The van der Waals surface area contributed by atoms with E-state index < -0.39 is 0 Å². The van der Waals surface area contributed by atoms with Crippen LogP contribution in [0.1, 0.15) is 11.1 Å². The first-order valence-corrected chi connectivity index (χ1v) is 11.4. The number of para-hydroxylation sites is 3. The maximum absolute atomic E-state index is 12.5. The highest BCUT2D eigenvalue weighted by atomic mass is 16.6. The molecular weight excluding hydrogens is 420 g/mol. The predicted octanol–water partition coefficient (Wildman–Crippen LogP) is 1.82. The molecular formula is C25H32N4O4. The van der Waals surface area contributed by atoms with Gasteiger partial charge in [-0.25, -0.2) is 0 Å². The summed E-state index contributed by atoms with van der Waals surface area (Å²) in [5.41, 5.74) is 3.02. The van der Waals surface area contributed by atoms with Gasteiger partial charge in [-0.15, -0.1) is 0 Å². The molecule has 33 heavy (non-hydrogen) atoms. The van der Waals surface area contributed by atoms with E-state index in [0.717, 1.165) is 48.7 Å². The summed E-state index contributed by atoms with van der Waals surface area (Å²) in [6.07, 6.45) is -0.198. The van der Waals surface area contributed by atoms with Gasteiger partial charge in [-0.05, 0) is 37.1 Å². The number of benzene rings is 2. The second-order valence-corrected chi connectivity index (χ2v) is 8.67. The Kier molecular flexibility index (Phi) is 7.47. The molecule has 0 spiro atoms. The minimum Gasteiger partial charge on any atom is -0.486 e. The Bertz CT molecular complexity index is 968. The third-order valence-electron chi connectivity index (χ3n) is 6.04. The molecule has 1 atom stereocenters. The smallest absolute Gasteiger partial charge is 0.238 e. The fourth-order valence-electron chi connectivity index (χ4n) is 4.15. The van der Waals surface area contributed by atoms with E-state index in [1.54, 1.807) is 0 Å². The van der Waals surface area contributed by atoms with Crippen LogP contribution >= 0.6 is 0 Å². The van der Waals surface area contributed by atoms with E-state index in [0.29, 0.717) is 32.0 Å². The molecule has 0 unspecified atom stereocenters. The van der Waals surface area contributed by atoms with Crippen molar-refractivity contribution < 1.29 is 19.1 Å². The number of amides is 2. The van der Waals surface area contributed by atoms with Crippen molar-refractivity contribution in [1.29, 1.82) is 0 Å². The fraction of sp³-hybridized carbons (Fsp3) is 0.440. The zero-order chi connectivity index (χ0) is 23.2. The lowest BCUT2D eigenvalue weighted by molar-refractivity contribution is -0.124. The largest absolute Gasteiger partial charge is 0.486 e. The molecule has 8 nitrogen and oxygen atoms in total. The second-order valence-electron chi connectivity index (χ2n) is 8.67. The summed E-state index contributed by atoms with van der Waals surface area (Å²) >= 11 is 0. The molecule has 0 radical (unpaired) electrons. The summed E-state index contributed by atoms with van der Waals surface area (Å²) < 4.78 is 11.6. The van der Waals surface area contributed by atoms with E-state index in [2.05, 4.69) is 20.4 Å². The zero-order valence-corrected chi connectivity index (χ0v) is 19.3. The van der Waals surface area contributed by atoms with Crippen LogP contribution in [0.4, 0.5) is 5.69 Å². The first kappa shape index (κ1) is 23.1. The summed E-state index contributed by atoms with van der Waals surface area (Å²) in [5, 5.41) is 5.99. The molecule has 0 aromatic heterocycles. The number of piperazine rings is 1. The molecule has 176 valence electrons. The van der Waals surface area contributed by atoms with Crippen molar-refractivity contribution in [3.05, 3.63) is 53.6 Å². The topological polar surface area (TPSA) is 83.1 Å². The van der Waals surface area contributed by atoms with Gasteiger partial charge in [0, 0.05) is 31.9 Å². The third kappa shape index (κ3) is 6.24. The van der Waals surface area contributed by atoms with Gasteiger partial charge in [-0.3, -0.25) is 19.4 Å². The molecule has 2 amide bonds. The molecule has 0 aliphatic carbocycles. The highest BCUT2D eigenvalue weighted by molar-refractivity contribution is 5.93. The van der Waals surface area contributed by atoms with Gasteiger partial charge < -0.3 is 20.1 Å². The summed E-state index contributed by atoms with van der Waals surface area (Å²) in [7, 11) is 0. The Morgan fingerprint density at radius 2 is 1.48 bits per heavy atom. The van der Waals surface area contributed by atoms with E-state index in [-0.39, 0.29) is 17.9 Å². The first-order chi connectivity index (χ1) is 16.0. The SMILES string of the molecule is Cc1cccc(C)c1NC(=O)CN1CCN(CC(=O)NC[C@@H]2COc3ccccc3O2)CC1. The van der Waals surface area contributed by atoms with Gasteiger partial charge in [-0.1, -0.05) is 30.3 Å². The Labute approximate surface area is 194 Å². The lowest BCUT2D eigenvalue weighted by Gasteiger charge is -2.34. The van der Waals surface area contributed by atoms with E-state index >= 15 is 0 Å². The van der Waals surface area contributed by atoms with Crippen LogP contribution in [-0.4, -0.2) is 80.1 Å². The van der Waals surface area contributed by atoms with E-state index in [4.69, 9.17) is 9.47 Å². The lowest BCUT2D eigenvalue weighted by Crippen LogP contribution is -2.51. The Morgan fingerprint density at radius 3 is 2.15 bits per heavy atom. The van der Waals surface area contributed by atoms with E-state index in [1.807, 2.05) is 56.3 Å². The number of anilines is 1. The summed E-state index contributed by atoms with van der Waals surface area (Å²) in [4.78, 5) is 29.1. The fourth-order valence-corrected chi connectivity index (χ4v) is 4.15. The average molecular weight is 453 g/mol. The molecule has 2 N–H and O–H groups in total. The first-order valence-electron chi connectivity index (χ1n) is 11.4. The van der Waals surface area contributed by atoms with Crippen LogP contribution in [0.25, 0.3) is 0 Å². The molecule has 2 aliphatic rings. The molecule has 0 bridgehead atoms. The van der Waals surface area contributed by atoms with Crippen LogP contribution in [0.15, 0.2) is 42.5 Å². The van der Waals surface area contributed by atoms with Crippen molar-refractivity contribution >= 4 is 17.5 Å². The number of hydrogen-bond donors (Lipinski definition) is 2. The monoisotopic (exact) mass is 452 g/mol. The van der Waals surface area contributed by atoms with Gasteiger partial charge in [-0.2, -0.15) is 0 Å². The van der Waals surface area contributed by atoms with E-state index in [1.165, 1.54) is 0 Å². The minimum atomic E-state index is -0.198. The molecule has 1 saturated heterocycles. The predicted molar refractivity (Wildman–Crippen MR) is 127 cm³/mol. The van der Waals surface area contributed by atoms with Gasteiger partial charge in [0.1, 0.15) is 12.7 Å². The van der Waals surface area contributed by atoms with Gasteiger partial charge in [0.25, 0.3) is 0 Å². The van der Waals surface area contributed by atoms with E-state index in [9.17, 15) is 9.59 Å². The summed E-state index contributed by atoms with van der Waals surface area (Å²) in [5.74, 6) is 1.41. The number of fused-ring (bicyclic) bond motifs is 1. The number of aryl methyl sites for hydroxylation is 2. The van der Waals surface area contributed by atoms with Crippen LogP contribution in [-0.2, 0) is 9.59 Å². The number of carbonyl (C=O) groups excluding carboxylic acids is 2. The number of ether oxygens (including phenoxy) is 2. The van der Waals surface area contributed by atoms with Crippen molar-refractivity contribution in [2.75, 3.05) is 57.7 Å². The molecule has 8 heteroatoms. The minimum absolute atomic E-state index is 0.00475. The average Bonchev–Trinajstić information content (AvgIpc) is 2.81. The molecule has 2 heterocycles. The normalized spacial score (nSPS) is 18.5. The second kappa shape index (κ2) is 10.7. The molecule has 2 aliphatic heterocycles. The molecule has 1 fully saturated rings. The number of nitrogens with zero attached hydrogens (tertiary/aromatic N) is 2. The lowest BCUT2D eigenvalue weighted by atomic mass is 10.1. The number of rotatable bonds is 7. The molecule has 2 aromatic carbocycles. The maximum atomic E-state index is 12.5. The number of hydrogen-bond acceptors (Lipinski definition) is 6. The number of carbonyl (C=O) groups is 2. The van der Waals surface area contributed by atoms with Gasteiger partial charge in [0.05, 0.1) is 19.6 Å². The number of nitrogens with one attached hydrogen (secondary N) is 2. The van der Waals surface area contributed by atoms with Crippen molar-refractivity contribution in [1.82, 2.24) is 15.1 Å². The molecule has 0 saturated carbocycles. The van der Waals surface area contributed by atoms with Crippen LogP contribution in [0.2, 0.25) is 0 Å². The maximum Gasteiger partial charge on any atom is 0.238 e. The van der Waals surface area contributed by atoms with Crippen molar-refractivity contribution in [3.63, 3.8) is 0 Å². The van der Waals surface area contributed by atoms with Crippen molar-refractivity contribution in [2.45, 2.75) is 20.0 Å². The van der Waals surface area contributed by atoms with Crippen LogP contribution in [0.3, 0.4) is 0 Å². The summed E-state index contributed by atoms with van der Waals surface area (Å²) in [6.45, 7) is 8.53. The van der Waals surface area contributed by atoms with Gasteiger partial charge >= 0.3 is 0 Å². The van der Waals surface area contributed by atoms with Crippen LogP contribution < -0.4 is 20.1 Å². The zero-order valence-electron chi connectivity index (χ0n) is 19.3. The Balaban J connectivity index is 1.14. The van der Waals surface area contributed by atoms with Crippen molar-refractivity contribution in [2.24, 2.45) is 0 Å². The molecule has 2 aromatic rings. The Hall–Kier alpha value is -3.10. The van der Waals surface area contributed by atoms with Crippen LogP contribution in [0.5, 0.6) is 11.5 Å². The standard InChI is InChI=1S/C25H32N4O4/c1-18-6-5-7-19(2)25(18)27-24(31)16-29-12-10-28(11-13-29)15-23(30)26-14-20-17-32-21-8-3-4-9-22(21)33-20/h3-9,20H,10-17H2,1-2H3,(H,26,30)(H,27,31)/t20-/m1/s1. The van der Waals surface area contributed by atoms with Crippen LogP contribution in [0, 0.1) is 13.8 Å².